The van der Waals surface area contributed by atoms with Crippen molar-refractivity contribution in [2.24, 2.45) is 0 Å². The van der Waals surface area contributed by atoms with E-state index in [1.54, 1.807) is 66.0 Å². The van der Waals surface area contributed by atoms with Crippen LogP contribution < -0.4 is 16.0 Å². The van der Waals surface area contributed by atoms with Crippen LogP contribution in [0.15, 0.2) is 124 Å². The van der Waals surface area contributed by atoms with Crippen LogP contribution in [-0.4, -0.2) is 17.7 Å². The van der Waals surface area contributed by atoms with Gasteiger partial charge in [-0.25, -0.2) is 17.6 Å². The Balaban J connectivity index is 1.42. The Morgan fingerprint density at radius 3 is 1.94 bits per heavy atom. The molecule has 0 aliphatic heterocycles. The van der Waals surface area contributed by atoms with Crippen molar-refractivity contribution in [1.29, 1.82) is 0 Å². The number of benzene rings is 5. The fraction of sp³-hybridized carbons (Fsp3) is 0.0541. The molecule has 266 valence electrons. The molecule has 0 heterocycles. The summed E-state index contributed by atoms with van der Waals surface area (Å²) in [5.41, 5.74) is -3.32. The Hall–Kier alpha value is -5.41. The lowest BCUT2D eigenvalue weighted by molar-refractivity contribution is -0.143. The highest BCUT2D eigenvalue weighted by atomic mass is 79.9. The number of hydrogen-bond acceptors (Lipinski definition) is 4. The maximum atomic E-state index is 14.7. The van der Waals surface area contributed by atoms with Crippen molar-refractivity contribution in [3.05, 3.63) is 165 Å². The quantitative estimate of drug-likeness (QED) is 0.0568. The number of alkyl halides is 3. The van der Waals surface area contributed by atoms with Crippen molar-refractivity contribution in [1.82, 2.24) is 5.32 Å². The van der Waals surface area contributed by atoms with Gasteiger partial charge in [-0.3, -0.25) is 14.4 Å². The Morgan fingerprint density at radius 2 is 1.33 bits per heavy atom. The maximum Gasteiger partial charge on any atom is 0.422 e. The summed E-state index contributed by atoms with van der Waals surface area (Å²) in [6, 6.07) is 28.7. The lowest BCUT2D eigenvalue weighted by Crippen LogP contribution is -2.30. The summed E-state index contributed by atoms with van der Waals surface area (Å²) in [6.45, 7) is 0. The highest BCUT2D eigenvalue weighted by Crippen LogP contribution is 2.41. The van der Waals surface area contributed by atoms with Crippen LogP contribution in [0.5, 0.6) is 0 Å². The third-order valence-electron chi connectivity index (χ3n) is 7.17. The Labute approximate surface area is 304 Å². The van der Waals surface area contributed by atoms with Gasteiger partial charge in [-0.2, -0.15) is 13.2 Å². The summed E-state index contributed by atoms with van der Waals surface area (Å²) in [5, 5.41) is 5.62. The van der Waals surface area contributed by atoms with E-state index in [0.29, 0.717) is 16.0 Å². The van der Waals surface area contributed by atoms with Crippen molar-refractivity contribution in [2.75, 3.05) is 10.6 Å². The fourth-order valence-electron chi connectivity index (χ4n) is 4.77. The molecular weight excluding hydrogens is 779 g/mol. The molecule has 0 saturated heterocycles. The molecule has 6 nitrogen and oxygen atoms in total. The second kappa shape index (κ2) is 16.3. The molecule has 0 aromatic heterocycles. The molecule has 52 heavy (non-hydrogen) atoms. The van der Waals surface area contributed by atoms with Crippen LogP contribution in [0.2, 0.25) is 0 Å². The van der Waals surface area contributed by atoms with E-state index in [1.807, 2.05) is 0 Å². The van der Waals surface area contributed by atoms with Crippen LogP contribution in [0.3, 0.4) is 0 Å². The summed E-state index contributed by atoms with van der Waals surface area (Å²) in [5.74, 6) is -12.8. The smallest absolute Gasteiger partial charge is 0.321 e. The van der Waals surface area contributed by atoms with Gasteiger partial charge in [0.05, 0.1) is 0 Å². The molecule has 0 aliphatic carbocycles. The minimum Gasteiger partial charge on any atom is -0.321 e. The predicted molar refractivity (Wildman–Crippen MR) is 186 cm³/mol. The standard InChI is InChI=1S/C37H23BrF7N3O3S/c38-23-14-7-9-20(17-23)18-26(47-34(49)22-12-5-2-6-13-22)35(50)46-24-15-8-16-25(19-24)52-33(21-10-3-1-4-11-21)36(51)48-32-30(41)28(39)27(37(43,44)45)29(40)31(32)42/h1-19,33H,(H,46,50)(H,47,49)(H,48,51)/b26-18+. The number of nitrogens with one attached hydrogen (secondary N) is 3. The average Bonchev–Trinajstić information content (AvgIpc) is 3.11. The van der Waals surface area contributed by atoms with Crippen LogP contribution in [0.25, 0.3) is 6.08 Å². The summed E-state index contributed by atoms with van der Waals surface area (Å²) < 4.78 is 98.0. The van der Waals surface area contributed by atoms with Gasteiger partial charge < -0.3 is 16.0 Å². The lowest BCUT2D eigenvalue weighted by atomic mass is 10.1. The number of carbonyl (C=O) groups excluding carboxylic acids is 3. The SMILES string of the molecule is O=C(Nc1cccc(SC(C(=O)Nc2c(F)c(F)c(C(F)(F)F)c(F)c2F)c2ccccc2)c1)/C(=C\c1cccc(Br)c1)NC(=O)c1ccccc1. The van der Waals surface area contributed by atoms with Gasteiger partial charge in [0.1, 0.15) is 22.2 Å². The van der Waals surface area contributed by atoms with Gasteiger partial charge in [-0.15, -0.1) is 11.8 Å². The number of rotatable bonds is 10. The number of hydrogen-bond donors (Lipinski definition) is 3. The molecule has 15 heteroatoms. The van der Waals surface area contributed by atoms with Gasteiger partial charge >= 0.3 is 6.18 Å². The van der Waals surface area contributed by atoms with E-state index in [1.165, 1.54) is 54.6 Å². The van der Waals surface area contributed by atoms with E-state index in [9.17, 15) is 45.1 Å². The lowest BCUT2D eigenvalue weighted by Gasteiger charge is -2.19. The van der Waals surface area contributed by atoms with Crippen molar-refractivity contribution >= 4 is 62.9 Å². The van der Waals surface area contributed by atoms with Gasteiger partial charge in [0.2, 0.25) is 5.91 Å². The first-order chi connectivity index (χ1) is 24.7. The van der Waals surface area contributed by atoms with Gasteiger partial charge in [-0.1, -0.05) is 82.7 Å². The van der Waals surface area contributed by atoms with E-state index in [2.05, 4.69) is 26.6 Å². The second-order valence-electron chi connectivity index (χ2n) is 10.8. The zero-order valence-corrected chi connectivity index (χ0v) is 28.6. The molecule has 1 unspecified atom stereocenters. The average molecular weight is 803 g/mol. The molecule has 3 amide bonds. The van der Waals surface area contributed by atoms with Crippen LogP contribution in [-0.2, 0) is 15.8 Å². The highest BCUT2D eigenvalue weighted by molar-refractivity contribution is 9.10. The first-order valence-corrected chi connectivity index (χ1v) is 16.6. The van der Waals surface area contributed by atoms with E-state index >= 15 is 0 Å². The third-order valence-corrected chi connectivity index (χ3v) is 8.91. The summed E-state index contributed by atoms with van der Waals surface area (Å²) >= 11 is 4.16. The zero-order valence-electron chi connectivity index (χ0n) is 26.2. The topological polar surface area (TPSA) is 87.3 Å². The van der Waals surface area contributed by atoms with Crippen LogP contribution in [0, 0.1) is 23.3 Å². The predicted octanol–water partition coefficient (Wildman–Crippen LogP) is 9.91. The zero-order chi connectivity index (χ0) is 37.6. The Bertz CT molecular complexity index is 2140. The maximum absolute atomic E-state index is 14.7. The summed E-state index contributed by atoms with van der Waals surface area (Å²) in [7, 11) is 0. The van der Waals surface area contributed by atoms with Crippen molar-refractivity contribution in [2.45, 2.75) is 16.3 Å². The molecule has 5 aromatic rings. The van der Waals surface area contributed by atoms with Crippen molar-refractivity contribution < 1.29 is 45.1 Å². The molecule has 5 rings (SSSR count). The van der Waals surface area contributed by atoms with Gasteiger partial charge in [0.15, 0.2) is 23.3 Å². The van der Waals surface area contributed by atoms with E-state index < -0.39 is 63.7 Å². The first-order valence-electron chi connectivity index (χ1n) is 14.9. The minimum absolute atomic E-state index is 0.119. The van der Waals surface area contributed by atoms with Gasteiger partial charge in [-0.05, 0) is 59.7 Å². The van der Waals surface area contributed by atoms with Crippen LogP contribution >= 0.6 is 27.7 Å². The molecule has 0 radical (unpaired) electrons. The monoisotopic (exact) mass is 801 g/mol. The number of thioether (sulfide) groups is 1. The molecule has 1 atom stereocenters. The Morgan fingerprint density at radius 1 is 0.712 bits per heavy atom. The molecule has 0 bridgehead atoms. The van der Waals surface area contributed by atoms with E-state index in [-0.39, 0.29) is 16.9 Å². The fourth-order valence-corrected chi connectivity index (χ4v) is 6.27. The molecular formula is C37H23BrF7N3O3S. The van der Waals surface area contributed by atoms with E-state index in [0.717, 1.165) is 16.2 Å². The van der Waals surface area contributed by atoms with Gasteiger partial charge in [0.25, 0.3) is 11.8 Å². The number of halogens is 8. The normalized spacial score (nSPS) is 12.2. The molecule has 0 fully saturated rings. The molecule has 0 spiro atoms. The Kier molecular flexibility index (Phi) is 11.9. The molecule has 3 N–H and O–H groups in total. The first kappa shape index (κ1) is 37.8. The largest absolute Gasteiger partial charge is 0.422 e. The van der Waals surface area contributed by atoms with Gasteiger partial charge in [0, 0.05) is 20.6 Å². The van der Waals surface area contributed by atoms with E-state index in [4.69, 9.17) is 0 Å². The second-order valence-corrected chi connectivity index (χ2v) is 12.9. The van der Waals surface area contributed by atoms with Crippen molar-refractivity contribution in [3.63, 3.8) is 0 Å². The molecule has 0 aliphatic rings. The van der Waals surface area contributed by atoms with Crippen LogP contribution in [0.4, 0.5) is 42.1 Å². The summed E-state index contributed by atoms with van der Waals surface area (Å²) in [4.78, 5) is 40.3. The van der Waals surface area contributed by atoms with Crippen LogP contribution in [0.1, 0.15) is 32.3 Å². The number of carbonyl (C=O) groups is 3. The summed E-state index contributed by atoms with van der Waals surface area (Å²) in [6.07, 6.45) is -4.30. The third kappa shape index (κ3) is 9.08. The number of amides is 3. The number of anilines is 2. The molecule has 0 saturated carbocycles. The van der Waals surface area contributed by atoms with Crippen molar-refractivity contribution in [3.8, 4) is 0 Å². The highest BCUT2D eigenvalue weighted by Gasteiger charge is 2.43. The minimum atomic E-state index is -5.76. The molecule has 5 aromatic carbocycles.